The minimum Gasteiger partial charge on any atom is -0.338 e. The number of nitrogens with zero attached hydrogens (tertiary/aromatic N) is 3. The van der Waals surface area contributed by atoms with Gasteiger partial charge in [0.05, 0.1) is 6.54 Å². The molecule has 4 rings (SSSR count). The highest BCUT2D eigenvalue weighted by Gasteiger charge is 2.26. The summed E-state index contributed by atoms with van der Waals surface area (Å²) in [4.78, 5) is 19.4. The summed E-state index contributed by atoms with van der Waals surface area (Å²) in [5, 5.41) is 4.75. The minimum atomic E-state index is 0.0890. The largest absolute Gasteiger partial charge is 0.338 e. The van der Waals surface area contributed by atoms with E-state index in [2.05, 4.69) is 27.2 Å². The monoisotopic (exact) mass is 409 g/mol. The molecule has 0 amide bonds. The van der Waals surface area contributed by atoms with Gasteiger partial charge in [0.15, 0.2) is 0 Å². The van der Waals surface area contributed by atoms with Crippen LogP contribution in [0.5, 0.6) is 0 Å². The molecule has 0 saturated carbocycles. The molecule has 1 aliphatic rings. The SMILES string of the molecule is O=C(CCc1ccccc1)C1CCCN(Cc2nc(-c3ccc(Cl)cc3)no2)C1. The average molecular weight is 410 g/mol. The molecule has 1 aromatic heterocycles. The van der Waals surface area contributed by atoms with Gasteiger partial charge >= 0.3 is 0 Å². The molecule has 150 valence electrons. The Morgan fingerprint density at radius 3 is 2.72 bits per heavy atom. The Morgan fingerprint density at radius 2 is 1.93 bits per heavy atom. The van der Waals surface area contributed by atoms with Crippen molar-refractivity contribution in [2.45, 2.75) is 32.2 Å². The zero-order chi connectivity index (χ0) is 20.1. The predicted molar refractivity (Wildman–Crippen MR) is 113 cm³/mol. The summed E-state index contributed by atoms with van der Waals surface area (Å²) < 4.78 is 5.43. The molecule has 0 aliphatic carbocycles. The van der Waals surface area contributed by atoms with E-state index in [0.29, 0.717) is 35.5 Å². The second-order valence-corrected chi connectivity index (χ2v) is 7.98. The molecule has 3 aromatic rings. The summed E-state index contributed by atoms with van der Waals surface area (Å²) in [7, 11) is 0. The van der Waals surface area contributed by atoms with E-state index in [9.17, 15) is 4.79 Å². The second-order valence-electron chi connectivity index (χ2n) is 7.54. The van der Waals surface area contributed by atoms with Gasteiger partial charge in [0.25, 0.3) is 0 Å². The third-order valence-corrected chi connectivity index (χ3v) is 5.65. The van der Waals surface area contributed by atoms with Gasteiger partial charge in [-0.1, -0.05) is 47.1 Å². The van der Waals surface area contributed by atoms with Gasteiger partial charge in [-0.2, -0.15) is 4.98 Å². The van der Waals surface area contributed by atoms with Crippen molar-refractivity contribution < 1.29 is 9.32 Å². The Labute approximate surface area is 175 Å². The number of halogens is 1. The number of piperidine rings is 1. The Kier molecular flexibility index (Phi) is 6.37. The van der Waals surface area contributed by atoms with Gasteiger partial charge in [0.1, 0.15) is 5.78 Å². The average Bonchev–Trinajstić information content (AvgIpc) is 3.22. The number of aromatic nitrogens is 2. The lowest BCUT2D eigenvalue weighted by Crippen LogP contribution is -2.38. The van der Waals surface area contributed by atoms with Crippen LogP contribution >= 0.6 is 11.6 Å². The minimum absolute atomic E-state index is 0.0890. The van der Waals surface area contributed by atoms with Crippen molar-refractivity contribution in [3.05, 3.63) is 71.1 Å². The lowest BCUT2D eigenvalue weighted by Gasteiger charge is -2.30. The summed E-state index contributed by atoms with van der Waals surface area (Å²) in [6.07, 6.45) is 3.39. The number of Topliss-reactive ketones (excluding diaryl/α,β-unsaturated/α-hetero) is 1. The molecule has 1 aliphatic heterocycles. The van der Waals surface area contributed by atoms with Crippen molar-refractivity contribution in [2.75, 3.05) is 13.1 Å². The molecule has 5 nitrogen and oxygen atoms in total. The number of likely N-dealkylation sites (tertiary alicyclic amines) is 1. The maximum Gasteiger partial charge on any atom is 0.241 e. The van der Waals surface area contributed by atoms with Gasteiger partial charge < -0.3 is 4.52 Å². The highest BCUT2D eigenvalue weighted by atomic mass is 35.5. The maximum atomic E-state index is 12.7. The number of ketones is 1. The van der Waals surface area contributed by atoms with E-state index in [0.717, 1.165) is 37.9 Å². The molecule has 0 spiro atoms. The van der Waals surface area contributed by atoms with Gasteiger partial charge in [-0.25, -0.2) is 0 Å². The molecule has 2 aromatic carbocycles. The summed E-state index contributed by atoms with van der Waals surface area (Å²) in [5.41, 5.74) is 2.09. The molecule has 1 unspecified atom stereocenters. The third kappa shape index (κ3) is 5.31. The van der Waals surface area contributed by atoms with Crippen molar-refractivity contribution in [2.24, 2.45) is 5.92 Å². The number of hydrogen-bond acceptors (Lipinski definition) is 5. The normalized spacial score (nSPS) is 17.3. The van der Waals surface area contributed by atoms with Crippen LogP contribution in [0.1, 0.15) is 30.7 Å². The third-order valence-electron chi connectivity index (χ3n) is 5.39. The Bertz CT molecular complexity index is 940. The quantitative estimate of drug-likeness (QED) is 0.560. The molecule has 1 saturated heterocycles. The summed E-state index contributed by atoms with van der Waals surface area (Å²) in [6.45, 7) is 2.27. The highest BCUT2D eigenvalue weighted by Crippen LogP contribution is 2.23. The number of aryl methyl sites for hydroxylation is 1. The van der Waals surface area contributed by atoms with Crippen molar-refractivity contribution in [1.29, 1.82) is 0 Å². The van der Waals surface area contributed by atoms with E-state index in [1.807, 2.05) is 42.5 Å². The van der Waals surface area contributed by atoms with E-state index >= 15 is 0 Å². The van der Waals surface area contributed by atoms with Crippen molar-refractivity contribution >= 4 is 17.4 Å². The van der Waals surface area contributed by atoms with E-state index in [4.69, 9.17) is 16.1 Å². The first kappa shape index (κ1) is 19.8. The van der Waals surface area contributed by atoms with E-state index < -0.39 is 0 Å². The lowest BCUT2D eigenvalue weighted by molar-refractivity contribution is -0.124. The molecular weight excluding hydrogens is 386 g/mol. The summed E-state index contributed by atoms with van der Waals surface area (Å²) in [5.74, 6) is 1.58. The van der Waals surface area contributed by atoms with Gasteiger partial charge in [0.2, 0.25) is 11.7 Å². The van der Waals surface area contributed by atoms with Gasteiger partial charge in [-0.05, 0) is 55.6 Å². The van der Waals surface area contributed by atoms with Gasteiger partial charge in [-0.3, -0.25) is 9.69 Å². The van der Waals surface area contributed by atoms with E-state index in [1.165, 1.54) is 5.56 Å². The molecule has 1 fully saturated rings. The zero-order valence-corrected chi connectivity index (χ0v) is 17.0. The molecule has 0 bridgehead atoms. The first-order chi connectivity index (χ1) is 14.2. The van der Waals surface area contributed by atoms with Gasteiger partial charge in [0, 0.05) is 29.5 Å². The number of hydrogen-bond donors (Lipinski definition) is 0. The fraction of sp³-hybridized carbons (Fsp3) is 0.348. The first-order valence-corrected chi connectivity index (χ1v) is 10.4. The molecular formula is C23H24ClN3O2. The molecule has 2 heterocycles. The van der Waals surface area contributed by atoms with Crippen LogP contribution in [0.25, 0.3) is 11.4 Å². The zero-order valence-electron chi connectivity index (χ0n) is 16.3. The number of rotatable bonds is 7. The molecule has 1 atom stereocenters. The van der Waals surface area contributed by atoms with Crippen LogP contribution in [-0.4, -0.2) is 33.9 Å². The van der Waals surface area contributed by atoms with E-state index in [1.54, 1.807) is 0 Å². The summed E-state index contributed by atoms with van der Waals surface area (Å²) >= 11 is 5.93. The highest BCUT2D eigenvalue weighted by molar-refractivity contribution is 6.30. The maximum absolute atomic E-state index is 12.7. The lowest BCUT2D eigenvalue weighted by atomic mass is 9.90. The van der Waals surface area contributed by atoms with Crippen LogP contribution in [0.2, 0.25) is 5.02 Å². The molecule has 0 N–H and O–H groups in total. The molecule has 6 heteroatoms. The Balaban J connectivity index is 1.32. The number of benzene rings is 2. The standard InChI is InChI=1S/C23H24ClN3O2/c24-20-11-9-18(10-12-20)23-25-22(29-26-23)16-27-14-4-7-19(15-27)21(28)13-8-17-5-2-1-3-6-17/h1-3,5-6,9-12,19H,4,7-8,13-16H2. The van der Waals surface area contributed by atoms with Crippen LogP contribution < -0.4 is 0 Å². The number of carbonyl (C=O) groups excluding carboxylic acids is 1. The van der Waals surface area contributed by atoms with Crippen LogP contribution in [0.4, 0.5) is 0 Å². The van der Waals surface area contributed by atoms with Gasteiger partial charge in [-0.15, -0.1) is 0 Å². The van der Waals surface area contributed by atoms with Crippen LogP contribution in [0.3, 0.4) is 0 Å². The summed E-state index contributed by atoms with van der Waals surface area (Å²) in [6, 6.07) is 17.6. The fourth-order valence-corrected chi connectivity index (χ4v) is 3.93. The molecule has 29 heavy (non-hydrogen) atoms. The second kappa shape index (κ2) is 9.33. The van der Waals surface area contributed by atoms with Crippen LogP contribution in [0, 0.1) is 5.92 Å². The topological polar surface area (TPSA) is 59.2 Å². The van der Waals surface area contributed by atoms with Crippen molar-refractivity contribution in [3.63, 3.8) is 0 Å². The predicted octanol–water partition coefficient (Wildman–Crippen LogP) is 4.80. The van der Waals surface area contributed by atoms with E-state index in [-0.39, 0.29) is 5.92 Å². The van der Waals surface area contributed by atoms with Crippen LogP contribution in [-0.2, 0) is 17.8 Å². The first-order valence-electron chi connectivity index (χ1n) is 10.0. The smallest absolute Gasteiger partial charge is 0.241 e. The Morgan fingerprint density at radius 1 is 1.14 bits per heavy atom. The fourth-order valence-electron chi connectivity index (χ4n) is 3.80. The van der Waals surface area contributed by atoms with Crippen LogP contribution in [0.15, 0.2) is 59.1 Å². The molecule has 0 radical (unpaired) electrons. The van der Waals surface area contributed by atoms with Crippen molar-refractivity contribution in [3.8, 4) is 11.4 Å². The Hall–Kier alpha value is -2.50. The van der Waals surface area contributed by atoms with Crippen molar-refractivity contribution in [1.82, 2.24) is 15.0 Å². The number of carbonyl (C=O) groups is 1.